The Labute approximate surface area is 304 Å². The van der Waals surface area contributed by atoms with Crippen LogP contribution in [-0.4, -0.2) is 37.0 Å². The SMILES string of the molecule is CC/C=C\C/C=C\C/C=C\C/C=C\C/C=C\CCCCCCCCCC(=O)OC(CO)COCCCCCCCC/C=C\CCCCCC. The molecule has 1 N–H and O–H groups in total. The summed E-state index contributed by atoms with van der Waals surface area (Å²) < 4.78 is 11.1. The second-order valence-corrected chi connectivity index (χ2v) is 13.3. The summed E-state index contributed by atoms with van der Waals surface area (Å²) in [6.07, 6.45) is 56.6. The maximum atomic E-state index is 12.2. The molecule has 1 unspecified atom stereocenters. The molecule has 49 heavy (non-hydrogen) atoms. The first-order chi connectivity index (χ1) is 24.2. The van der Waals surface area contributed by atoms with Crippen molar-refractivity contribution in [3.8, 4) is 0 Å². The third-order valence-electron chi connectivity index (χ3n) is 8.52. The Morgan fingerprint density at radius 2 is 0.918 bits per heavy atom. The second-order valence-electron chi connectivity index (χ2n) is 13.3. The Morgan fingerprint density at radius 1 is 0.510 bits per heavy atom. The molecule has 0 aromatic rings. The number of aliphatic hydroxyl groups is 1. The standard InChI is InChI=1S/C45H78O4/c1-3-5-7-9-11-13-15-17-19-20-21-22-23-24-25-26-27-28-30-32-34-36-38-40-45(47)49-44(42-46)43-48-41-39-37-35-33-31-29-18-16-14-12-10-8-6-4-2/h5,7,11,13-14,16-17,19,21-22,24-25,44,46H,3-4,6,8-10,12,15,18,20,23,26-43H2,1-2H3/b7-5-,13-11-,16-14-,19-17-,22-21-,25-24-. The van der Waals surface area contributed by atoms with E-state index in [1.165, 1.54) is 96.3 Å². The number of ether oxygens (including phenoxy) is 2. The molecule has 282 valence electrons. The first-order valence-corrected chi connectivity index (χ1v) is 20.5. The largest absolute Gasteiger partial charge is 0.457 e. The molecule has 0 spiro atoms. The fourth-order valence-corrected chi connectivity index (χ4v) is 5.47. The van der Waals surface area contributed by atoms with Gasteiger partial charge in [0.2, 0.25) is 0 Å². The molecule has 0 aliphatic rings. The zero-order valence-corrected chi connectivity index (χ0v) is 32.2. The van der Waals surface area contributed by atoms with Gasteiger partial charge in [0.05, 0.1) is 13.2 Å². The van der Waals surface area contributed by atoms with Crippen molar-refractivity contribution >= 4 is 5.97 Å². The van der Waals surface area contributed by atoms with Crippen LogP contribution in [0.1, 0.15) is 181 Å². The molecule has 0 aromatic carbocycles. The van der Waals surface area contributed by atoms with Crippen molar-refractivity contribution < 1.29 is 19.4 Å². The first-order valence-electron chi connectivity index (χ1n) is 20.5. The number of aliphatic hydroxyl groups excluding tert-OH is 1. The maximum absolute atomic E-state index is 12.2. The number of rotatable bonds is 37. The molecule has 0 amide bonds. The highest BCUT2D eigenvalue weighted by Gasteiger charge is 2.13. The highest BCUT2D eigenvalue weighted by molar-refractivity contribution is 5.69. The molecular formula is C45H78O4. The van der Waals surface area contributed by atoms with Crippen LogP contribution in [0, 0.1) is 0 Å². The van der Waals surface area contributed by atoms with Crippen LogP contribution < -0.4 is 0 Å². The molecule has 0 saturated carbocycles. The van der Waals surface area contributed by atoms with E-state index in [0.29, 0.717) is 13.0 Å². The van der Waals surface area contributed by atoms with Crippen molar-refractivity contribution in [2.75, 3.05) is 19.8 Å². The summed E-state index contributed by atoms with van der Waals surface area (Å²) in [6, 6.07) is 0. The molecule has 0 heterocycles. The van der Waals surface area contributed by atoms with Gasteiger partial charge in [-0.25, -0.2) is 0 Å². The third-order valence-corrected chi connectivity index (χ3v) is 8.52. The van der Waals surface area contributed by atoms with Crippen molar-refractivity contribution in [1.29, 1.82) is 0 Å². The molecule has 4 heteroatoms. The lowest BCUT2D eigenvalue weighted by molar-refractivity contribution is -0.154. The van der Waals surface area contributed by atoms with Gasteiger partial charge in [0.15, 0.2) is 0 Å². The van der Waals surface area contributed by atoms with Crippen LogP contribution >= 0.6 is 0 Å². The Morgan fingerprint density at radius 3 is 1.41 bits per heavy atom. The number of hydrogen-bond acceptors (Lipinski definition) is 4. The molecule has 0 bridgehead atoms. The van der Waals surface area contributed by atoms with Gasteiger partial charge < -0.3 is 14.6 Å². The van der Waals surface area contributed by atoms with Crippen LogP contribution in [0.25, 0.3) is 0 Å². The van der Waals surface area contributed by atoms with Gasteiger partial charge in [-0.1, -0.05) is 164 Å². The minimum absolute atomic E-state index is 0.182. The van der Waals surface area contributed by atoms with Crippen molar-refractivity contribution in [2.24, 2.45) is 0 Å². The van der Waals surface area contributed by atoms with Crippen molar-refractivity contribution in [3.63, 3.8) is 0 Å². The first kappa shape index (κ1) is 46.8. The summed E-state index contributed by atoms with van der Waals surface area (Å²) in [5.74, 6) is -0.217. The van der Waals surface area contributed by atoms with Gasteiger partial charge in [0.25, 0.3) is 0 Å². The van der Waals surface area contributed by atoms with Gasteiger partial charge >= 0.3 is 5.97 Å². The lowest BCUT2D eigenvalue weighted by Gasteiger charge is -2.15. The highest BCUT2D eigenvalue weighted by atomic mass is 16.6. The van der Waals surface area contributed by atoms with Gasteiger partial charge in [-0.3, -0.25) is 4.79 Å². The molecule has 0 saturated heterocycles. The molecule has 0 aromatic heterocycles. The molecule has 0 radical (unpaired) electrons. The number of esters is 1. The molecule has 1 atom stereocenters. The fourth-order valence-electron chi connectivity index (χ4n) is 5.47. The zero-order valence-electron chi connectivity index (χ0n) is 32.2. The summed E-state index contributed by atoms with van der Waals surface area (Å²) in [5, 5.41) is 9.58. The van der Waals surface area contributed by atoms with Crippen molar-refractivity contribution in [1.82, 2.24) is 0 Å². The predicted octanol–water partition coefficient (Wildman–Crippen LogP) is 13.4. The number of unbranched alkanes of at least 4 members (excludes halogenated alkanes) is 17. The van der Waals surface area contributed by atoms with Gasteiger partial charge in [0, 0.05) is 13.0 Å². The van der Waals surface area contributed by atoms with E-state index >= 15 is 0 Å². The van der Waals surface area contributed by atoms with E-state index in [0.717, 1.165) is 64.2 Å². The van der Waals surface area contributed by atoms with E-state index in [-0.39, 0.29) is 19.2 Å². The highest BCUT2D eigenvalue weighted by Crippen LogP contribution is 2.12. The maximum Gasteiger partial charge on any atom is 0.306 e. The number of carbonyl (C=O) groups excluding carboxylic acids is 1. The number of carbonyl (C=O) groups is 1. The average Bonchev–Trinajstić information content (AvgIpc) is 3.11. The topological polar surface area (TPSA) is 55.8 Å². The van der Waals surface area contributed by atoms with E-state index in [9.17, 15) is 9.90 Å². The van der Waals surface area contributed by atoms with E-state index in [4.69, 9.17) is 9.47 Å². The fraction of sp³-hybridized carbons (Fsp3) is 0.711. The van der Waals surface area contributed by atoms with Gasteiger partial charge in [-0.15, -0.1) is 0 Å². The Bertz CT molecular complexity index is 850. The monoisotopic (exact) mass is 683 g/mol. The van der Waals surface area contributed by atoms with Crippen LogP contribution in [-0.2, 0) is 14.3 Å². The molecule has 0 rings (SSSR count). The van der Waals surface area contributed by atoms with E-state index in [2.05, 4.69) is 86.8 Å². The Kier molecular flexibility index (Phi) is 40.1. The summed E-state index contributed by atoms with van der Waals surface area (Å²) in [5.41, 5.74) is 0. The van der Waals surface area contributed by atoms with Gasteiger partial charge in [-0.05, 0) is 83.5 Å². The Balaban J connectivity index is 3.51. The van der Waals surface area contributed by atoms with E-state index in [1.54, 1.807) is 0 Å². The van der Waals surface area contributed by atoms with Crippen LogP contribution in [0.4, 0.5) is 0 Å². The van der Waals surface area contributed by atoms with Gasteiger partial charge in [-0.2, -0.15) is 0 Å². The third kappa shape index (κ3) is 40.1. The van der Waals surface area contributed by atoms with Crippen molar-refractivity contribution in [2.45, 2.75) is 187 Å². The summed E-state index contributed by atoms with van der Waals surface area (Å²) in [7, 11) is 0. The smallest absolute Gasteiger partial charge is 0.306 e. The van der Waals surface area contributed by atoms with Crippen molar-refractivity contribution in [3.05, 3.63) is 72.9 Å². The molecule has 0 aliphatic carbocycles. The second kappa shape index (κ2) is 42.0. The van der Waals surface area contributed by atoms with E-state index < -0.39 is 6.10 Å². The zero-order chi connectivity index (χ0) is 35.6. The normalized spacial score (nSPS) is 13.1. The predicted molar refractivity (Wildman–Crippen MR) is 214 cm³/mol. The van der Waals surface area contributed by atoms with Crippen LogP contribution in [0.3, 0.4) is 0 Å². The number of hydrogen-bond donors (Lipinski definition) is 1. The molecule has 0 fully saturated rings. The lowest BCUT2D eigenvalue weighted by Crippen LogP contribution is -2.27. The lowest BCUT2D eigenvalue weighted by atomic mass is 10.1. The average molecular weight is 683 g/mol. The summed E-state index contributed by atoms with van der Waals surface area (Å²) in [4.78, 5) is 12.2. The molecular weight excluding hydrogens is 604 g/mol. The van der Waals surface area contributed by atoms with Crippen LogP contribution in [0.2, 0.25) is 0 Å². The summed E-state index contributed by atoms with van der Waals surface area (Å²) in [6.45, 7) is 5.19. The molecule has 4 nitrogen and oxygen atoms in total. The Hall–Kier alpha value is -2.17. The minimum Gasteiger partial charge on any atom is -0.457 e. The minimum atomic E-state index is -0.546. The van der Waals surface area contributed by atoms with Gasteiger partial charge in [0.1, 0.15) is 6.10 Å². The molecule has 0 aliphatic heterocycles. The van der Waals surface area contributed by atoms with Crippen LogP contribution in [0.5, 0.6) is 0 Å². The van der Waals surface area contributed by atoms with Crippen LogP contribution in [0.15, 0.2) is 72.9 Å². The quantitative estimate of drug-likeness (QED) is 0.0402. The number of allylic oxidation sites excluding steroid dienone is 12. The summed E-state index contributed by atoms with van der Waals surface area (Å²) >= 11 is 0. The van der Waals surface area contributed by atoms with E-state index in [1.807, 2.05) is 0 Å².